The van der Waals surface area contributed by atoms with Crippen LogP contribution in [0.3, 0.4) is 0 Å². The van der Waals surface area contributed by atoms with Gasteiger partial charge in [-0.2, -0.15) is 0 Å². The van der Waals surface area contributed by atoms with Crippen LogP contribution in [0.1, 0.15) is 20.8 Å². The summed E-state index contributed by atoms with van der Waals surface area (Å²) < 4.78 is 2.91. The van der Waals surface area contributed by atoms with Crippen LogP contribution in [-0.2, 0) is 5.54 Å². The Labute approximate surface area is 110 Å². The first kappa shape index (κ1) is 11.4. The van der Waals surface area contributed by atoms with E-state index in [9.17, 15) is 0 Å². The van der Waals surface area contributed by atoms with Crippen molar-refractivity contribution in [1.29, 1.82) is 0 Å². The highest BCUT2D eigenvalue weighted by atomic mass is 32.1. The Kier molecular flexibility index (Phi) is 2.32. The predicted molar refractivity (Wildman–Crippen MR) is 77.4 cm³/mol. The van der Waals surface area contributed by atoms with E-state index in [0.29, 0.717) is 0 Å². The van der Waals surface area contributed by atoms with E-state index in [2.05, 4.69) is 41.4 Å². The van der Waals surface area contributed by atoms with Gasteiger partial charge in [-0.1, -0.05) is 18.2 Å². The van der Waals surface area contributed by atoms with Crippen molar-refractivity contribution < 1.29 is 0 Å². The Bertz CT molecular complexity index is 790. The van der Waals surface area contributed by atoms with Gasteiger partial charge in [-0.3, -0.25) is 4.98 Å². The van der Waals surface area contributed by atoms with Gasteiger partial charge >= 0.3 is 0 Å². The molecule has 2 heterocycles. The van der Waals surface area contributed by atoms with Crippen LogP contribution in [0, 0.1) is 4.77 Å². The maximum Gasteiger partial charge on any atom is 0.178 e. The van der Waals surface area contributed by atoms with E-state index in [-0.39, 0.29) is 5.54 Å². The minimum Gasteiger partial charge on any atom is -0.329 e. The summed E-state index contributed by atoms with van der Waals surface area (Å²) in [5, 5.41) is 1.14. The summed E-state index contributed by atoms with van der Waals surface area (Å²) in [6.45, 7) is 6.47. The molecule has 0 bridgehead atoms. The molecule has 3 nitrogen and oxygen atoms in total. The maximum atomic E-state index is 5.44. The Morgan fingerprint density at radius 1 is 1.22 bits per heavy atom. The monoisotopic (exact) mass is 257 g/mol. The zero-order chi connectivity index (χ0) is 12.9. The smallest absolute Gasteiger partial charge is 0.178 e. The average Bonchev–Trinajstić information content (AvgIpc) is 2.65. The molecule has 1 aromatic carbocycles. The molecule has 0 atom stereocenters. The number of H-pyrrole nitrogens is 1. The number of fused-ring (bicyclic) bond motifs is 3. The molecule has 92 valence electrons. The Morgan fingerprint density at radius 3 is 2.67 bits per heavy atom. The number of aromatic nitrogens is 3. The van der Waals surface area contributed by atoms with Gasteiger partial charge in [0.25, 0.3) is 0 Å². The minimum absolute atomic E-state index is 0.0561. The second-order valence-corrected chi connectivity index (χ2v) is 5.86. The fourth-order valence-corrected chi connectivity index (χ4v) is 2.85. The van der Waals surface area contributed by atoms with Gasteiger partial charge in [-0.25, -0.2) is 0 Å². The SMILES string of the molecule is CC(C)(C)n1c(=S)[nH]c2cnc3ccccc3c21. The van der Waals surface area contributed by atoms with E-state index in [0.717, 1.165) is 26.7 Å². The van der Waals surface area contributed by atoms with Crippen LogP contribution in [0.2, 0.25) is 0 Å². The lowest BCUT2D eigenvalue weighted by Crippen LogP contribution is -2.21. The van der Waals surface area contributed by atoms with Crippen molar-refractivity contribution in [2.45, 2.75) is 26.3 Å². The molecule has 0 saturated carbocycles. The van der Waals surface area contributed by atoms with Crippen LogP contribution in [0.5, 0.6) is 0 Å². The van der Waals surface area contributed by atoms with Gasteiger partial charge in [0.1, 0.15) is 0 Å². The fourth-order valence-electron chi connectivity index (χ4n) is 2.37. The molecule has 2 aromatic heterocycles. The van der Waals surface area contributed by atoms with Crippen molar-refractivity contribution >= 4 is 34.2 Å². The summed E-state index contributed by atoms with van der Waals surface area (Å²) in [6.07, 6.45) is 1.86. The zero-order valence-electron chi connectivity index (χ0n) is 10.7. The van der Waals surface area contributed by atoms with Gasteiger partial charge in [0, 0.05) is 10.9 Å². The van der Waals surface area contributed by atoms with E-state index in [1.165, 1.54) is 0 Å². The van der Waals surface area contributed by atoms with Crippen LogP contribution in [-0.4, -0.2) is 14.5 Å². The topological polar surface area (TPSA) is 33.6 Å². The number of hydrogen-bond donors (Lipinski definition) is 1. The molecule has 0 saturated heterocycles. The first-order chi connectivity index (χ1) is 8.48. The molecule has 0 spiro atoms. The van der Waals surface area contributed by atoms with Crippen LogP contribution in [0.4, 0.5) is 0 Å². The second kappa shape index (κ2) is 3.65. The van der Waals surface area contributed by atoms with Crippen LogP contribution >= 0.6 is 12.2 Å². The van der Waals surface area contributed by atoms with Gasteiger partial charge < -0.3 is 9.55 Å². The third kappa shape index (κ3) is 1.56. The summed E-state index contributed by atoms with van der Waals surface area (Å²) in [7, 11) is 0. The zero-order valence-corrected chi connectivity index (χ0v) is 11.5. The van der Waals surface area contributed by atoms with Crippen molar-refractivity contribution in [2.75, 3.05) is 0 Å². The summed E-state index contributed by atoms with van der Waals surface area (Å²) in [6, 6.07) is 8.16. The van der Waals surface area contributed by atoms with Crippen LogP contribution in [0.15, 0.2) is 30.5 Å². The molecule has 4 heteroatoms. The third-order valence-corrected chi connectivity index (χ3v) is 3.37. The number of imidazole rings is 1. The van der Waals surface area contributed by atoms with Crippen molar-refractivity contribution in [3.05, 3.63) is 35.2 Å². The molecule has 18 heavy (non-hydrogen) atoms. The van der Waals surface area contributed by atoms with Crippen molar-refractivity contribution in [1.82, 2.24) is 14.5 Å². The lowest BCUT2D eigenvalue weighted by Gasteiger charge is -2.22. The van der Waals surface area contributed by atoms with Crippen LogP contribution < -0.4 is 0 Å². The normalized spacial score (nSPS) is 12.4. The molecule has 1 N–H and O–H groups in total. The molecule has 3 aromatic rings. The number of benzene rings is 1. The largest absolute Gasteiger partial charge is 0.329 e. The van der Waals surface area contributed by atoms with Gasteiger partial charge in [-0.05, 0) is 39.1 Å². The number of para-hydroxylation sites is 1. The van der Waals surface area contributed by atoms with Gasteiger partial charge in [0.05, 0.1) is 22.7 Å². The standard InChI is InChI=1S/C14H15N3S/c1-14(2,3)17-12-9-6-4-5-7-10(9)15-8-11(12)16-13(17)18/h4-8H,1-3H3,(H,16,18). The van der Waals surface area contributed by atoms with E-state index >= 15 is 0 Å². The van der Waals surface area contributed by atoms with Crippen molar-refractivity contribution in [3.8, 4) is 0 Å². The van der Waals surface area contributed by atoms with Gasteiger partial charge in [0.15, 0.2) is 4.77 Å². The third-order valence-electron chi connectivity index (χ3n) is 3.09. The lowest BCUT2D eigenvalue weighted by atomic mass is 10.1. The number of pyridine rings is 1. The molecular weight excluding hydrogens is 242 g/mol. The second-order valence-electron chi connectivity index (χ2n) is 5.47. The number of nitrogens with zero attached hydrogens (tertiary/aromatic N) is 2. The van der Waals surface area contributed by atoms with E-state index < -0.39 is 0 Å². The highest BCUT2D eigenvalue weighted by Gasteiger charge is 2.19. The maximum absolute atomic E-state index is 5.44. The number of rotatable bonds is 0. The Morgan fingerprint density at radius 2 is 1.94 bits per heavy atom. The highest BCUT2D eigenvalue weighted by molar-refractivity contribution is 7.71. The van der Waals surface area contributed by atoms with E-state index in [1.54, 1.807) is 0 Å². The quantitative estimate of drug-likeness (QED) is 0.617. The molecule has 0 aliphatic heterocycles. The average molecular weight is 257 g/mol. The van der Waals surface area contributed by atoms with Crippen molar-refractivity contribution in [2.24, 2.45) is 0 Å². The first-order valence-electron chi connectivity index (χ1n) is 5.97. The summed E-state index contributed by atoms with van der Waals surface area (Å²) in [4.78, 5) is 7.70. The minimum atomic E-state index is -0.0561. The number of hydrogen-bond acceptors (Lipinski definition) is 2. The van der Waals surface area contributed by atoms with E-state index in [1.807, 2.05) is 24.4 Å². The van der Waals surface area contributed by atoms with Gasteiger partial charge in [-0.15, -0.1) is 0 Å². The Balaban J connectivity index is 2.60. The summed E-state index contributed by atoms with van der Waals surface area (Å²) in [5.74, 6) is 0. The van der Waals surface area contributed by atoms with E-state index in [4.69, 9.17) is 12.2 Å². The lowest BCUT2D eigenvalue weighted by molar-refractivity contribution is 0.404. The summed E-state index contributed by atoms with van der Waals surface area (Å²) in [5.41, 5.74) is 3.07. The highest BCUT2D eigenvalue weighted by Crippen LogP contribution is 2.28. The molecule has 0 aliphatic rings. The molecule has 0 unspecified atom stereocenters. The molecular formula is C14H15N3S. The van der Waals surface area contributed by atoms with Crippen molar-refractivity contribution in [3.63, 3.8) is 0 Å². The Hall–Kier alpha value is -1.68. The molecule has 3 rings (SSSR count). The number of nitrogens with one attached hydrogen (secondary N) is 1. The summed E-state index contributed by atoms with van der Waals surface area (Å²) >= 11 is 5.44. The van der Waals surface area contributed by atoms with Crippen LogP contribution in [0.25, 0.3) is 21.9 Å². The predicted octanol–water partition coefficient (Wildman–Crippen LogP) is 4.00. The number of aromatic amines is 1. The fraction of sp³-hybridized carbons (Fsp3) is 0.286. The van der Waals surface area contributed by atoms with Gasteiger partial charge in [0.2, 0.25) is 0 Å². The molecule has 0 amide bonds. The first-order valence-corrected chi connectivity index (χ1v) is 6.38. The molecule has 0 radical (unpaired) electrons. The molecule has 0 aliphatic carbocycles. The molecule has 0 fully saturated rings.